The summed E-state index contributed by atoms with van der Waals surface area (Å²) >= 11 is 1.84. The zero-order valence-electron chi connectivity index (χ0n) is 13.0. The standard InChI is InChI=1S/C17H23N3S/c1-4-20(14-9-5-12(2)6-10-14)17-19-16(13-7-8-13)15(21-17)11-18-3/h5-6,9-10,13,18H,4,7-8,11H2,1-3H3. The van der Waals surface area contributed by atoms with Crippen molar-refractivity contribution in [2.75, 3.05) is 18.5 Å². The van der Waals surface area contributed by atoms with Gasteiger partial charge in [-0.25, -0.2) is 4.98 Å². The molecule has 0 bridgehead atoms. The van der Waals surface area contributed by atoms with E-state index in [0.29, 0.717) is 5.92 Å². The van der Waals surface area contributed by atoms with E-state index in [0.717, 1.165) is 18.2 Å². The summed E-state index contributed by atoms with van der Waals surface area (Å²) in [5.41, 5.74) is 3.86. The Labute approximate surface area is 131 Å². The quantitative estimate of drug-likeness (QED) is 0.866. The van der Waals surface area contributed by atoms with E-state index < -0.39 is 0 Å². The van der Waals surface area contributed by atoms with E-state index in [1.807, 2.05) is 18.4 Å². The maximum atomic E-state index is 4.97. The fraction of sp³-hybridized carbons (Fsp3) is 0.471. The molecular weight excluding hydrogens is 278 g/mol. The molecular formula is C17H23N3S. The van der Waals surface area contributed by atoms with Crippen molar-refractivity contribution in [2.45, 2.75) is 39.2 Å². The Morgan fingerprint density at radius 3 is 2.57 bits per heavy atom. The molecule has 1 aliphatic rings. The highest BCUT2D eigenvalue weighted by Gasteiger charge is 2.30. The topological polar surface area (TPSA) is 28.2 Å². The van der Waals surface area contributed by atoms with Crippen LogP contribution in [0.15, 0.2) is 24.3 Å². The van der Waals surface area contributed by atoms with Crippen LogP contribution in [0.3, 0.4) is 0 Å². The average Bonchev–Trinajstić information content (AvgIpc) is 3.25. The molecule has 3 rings (SSSR count). The lowest BCUT2D eigenvalue weighted by molar-refractivity contribution is 0.812. The summed E-state index contributed by atoms with van der Waals surface area (Å²) in [6.07, 6.45) is 2.60. The lowest BCUT2D eigenvalue weighted by Crippen LogP contribution is -2.15. The molecule has 0 atom stereocenters. The first kappa shape index (κ1) is 14.5. The van der Waals surface area contributed by atoms with Crippen LogP contribution in [0.1, 0.15) is 41.8 Å². The Kier molecular flexibility index (Phi) is 4.27. The largest absolute Gasteiger partial charge is 0.318 e. The van der Waals surface area contributed by atoms with Gasteiger partial charge in [-0.3, -0.25) is 0 Å². The van der Waals surface area contributed by atoms with Gasteiger partial charge in [0.05, 0.1) is 5.69 Å². The number of benzene rings is 1. The van der Waals surface area contributed by atoms with Crippen LogP contribution in [0, 0.1) is 6.92 Å². The van der Waals surface area contributed by atoms with E-state index in [1.165, 1.54) is 34.7 Å². The lowest BCUT2D eigenvalue weighted by Gasteiger charge is -2.20. The van der Waals surface area contributed by atoms with Gasteiger partial charge in [0.1, 0.15) is 0 Å². The maximum Gasteiger partial charge on any atom is 0.190 e. The van der Waals surface area contributed by atoms with Crippen LogP contribution in [0.4, 0.5) is 10.8 Å². The Morgan fingerprint density at radius 1 is 1.29 bits per heavy atom. The minimum Gasteiger partial charge on any atom is -0.318 e. The number of anilines is 2. The number of nitrogens with one attached hydrogen (secondary N) is 1. The summed E-state index contributed by atoms with van der Waals surface area (Å²) in [5.74, 6) is 0.704. The highest BCUT2D eigenvalue weighted by atomic mass is 32.1. The van der Waals surface area contributed by atoms with Crippen molar-refractivity contribution in [1.82, 2.24) is 10.3 Å². The Bertz CT molecular complexity index is 599. The predicted molar refractivity (Wildman–Crippen MR) is 90.7 cm³/mol. The summed E-state index contributed by atoms with van der Waals surface area (Å²) in [5, 5.41) is 4.41. The third kappa shape index (κ3) is 3.11. The average molecular weight is 301 g/mol. The molecule has 0 spiro atoms. The highest BCUT2D eigenvalue weighted by Crippen LogP contribution is 2.44. The molecule has 1 N–H and O–H groups in total. The van der Waals surface area contributed by atoms with E-state index in [4.69, 9.17) is 4.98 Å². The second kappa shape index (κ2) is 6.16. The smallest absolute Gasteiger partial charge is 0.190 e. The van der Waals surface area contributed by atoms with Gasteiger partial charge in [0, 0.05) is 29.6 Å². The zero-order valence-corrected chi connectivity index (χ0v) is 13.8. The first-order chi connectivity index (χ1) is 10.2. The van der Waals surface area contributed by atoms with E-state index in [-0.39, 0.29) is 0 Å². The van der Waals surface area contributed by atoms with Crippen molar-refractivity contribution in [3.05, 3.63) is 40.4 Å². The summed E-state index contributed by atoms with van der Waals surface area (Å²) in [6, 6.07) is 8.72. The van der Waals surface area contributed by atoms with E-state index in [2.05, 4.69) is 48.3 Å². The van der Waals surface area contributed by atoms with Crippen molar-refractivity contribution in [1.29, 1.82) is 0 Å². The van der Waals surface area contributed by atoms with Crippen LogP contribution in [-0.2, 0) is 6.54 Å². The normalized spacial score (nSPS) is 14.4. The molecule has 21 heavy (non-hydrogen) atoms. The molecule has 1 aromatic carbocycles. The fourth-order valence-corrected chi connectivity index (χ4v) is 3.82. The van der Waals surface area contributed by atoms with Crippen LogP contribution in [0.2, 0.25) is 0 Å². The van der Waals surface area contributed by atoms with E-state index in [9.17, 15) is 0 Å². The summed E-state index contributed by atoms with van der Waals surface area (Å²) < 4.78 is 0. The number of hydrogen-bond donors (Lipinski definition) is 1. The number of nitrogens with zero attached hydrogens (tertiary/aromatic N) is 2. The monoisotopic (exact) mass is 301 g/mol. The number of thiazole rings is 1. The van der Waals surface area contributed by atoms with Gasteiger partial charge in [-0.05, 0) is 45.9 Å². The molecule has 1 fully saturated rings. The maximum absolute atomic E-state index is 4.97. The second-order valence-corrected chi connectivity index (χ2v) is 6.75. The summed E-state index contributed by atoms with van der Waals surface area (Å²) in [6.45, 7) is 6.18. The molecule has 0 amide bonds. The van der Waals surface area contributed by atoms with Crippen molar-refractivity contribution < 1.29 is 0 Å². The number of aromatic nitrogens is 1. The molecule has 1 heterocycles. The Morgan fingerprint density at radius 2 is 2.00 bits per heavy atom. The van der Waals surface area contributed by atoms with Crippen molar-refractivity contribution in [3.8, 4) is 0 Å². The lowest BCUT2D eigenvalue weighted by atomic mass is 10.2. The minimum atomic E-state index is 0.704. The first-order valence-electron chi connectivity index (χ1n) is 7.71. The van der Waals surface area contributed by atoms with E-state index >= 15 is 0 Å². The molecule has 1 aromatic heterocycles. The first-order valence-corrected chi connectivity index (χ1v) is 8.53. The van der Waals surface area contributed by atoms with Crippen LogP contribution >= 0.6 is 11.3 Å². The zero-order chi connectivity index (χ0) is 14.8. The van der Waals surface area contributed by atoms with Crippen LogP contribution in [0.25, 0.3) is 0 Å². The molecule has 0 saturated heterocycles. The fourth-order valence-electron chi connectivity index (χ4n) is 2.58. The number of aryl methyl sites for hydroxylation is 1. The third-order valence-corrected chi connectivity index (χ3v) is 5.00. The SMILES string of the molecule is CCN(c1ccc(C)cc1)c1nc(C2CC2)c(CNC)s1. The van der Waals surface area contributed by atoms with Crippen molar-refractivity contribution in [3.63, 3.8) is 0 Å². The summed E-state index contributed by atoms with van der Waals surface area (Å²) in [7, 11) is 2.01. The van der Waals surface area contributed by atoms with Gasteiger partial charge in [0.25, 0.3) is 0 Å². The van der Waals surface area contributed by atoms with Crippen LogP contribution in [0.5, 0.6) is 0 Å². The van der Waals surface area contributed by atoms with E-state index in [1.54, 1.807) is 0 Å². The molecule has 0 radical (unpaired) electrons. The number of hydrogen-bond acceptors (Lipinski definition) is 4. The Balaban J connectivity index is 1.93. The predicted octanol–water partition coefficient (Wildman–Crippen LogP) is 4.21. The van der Waals surface area contributed by atoms with Gasteiger partial charge in [0.15, 0.2) is 5.13 Å². The summed E-state index contributed by atoms with van der Waals surface area (Å²) in [4.78, 5) is 8.68. The molecule has 1 aliphatic carbocycles. The van der Waals surface area contributed by atoms with Gasteiger partial charge in [-0.15, -0.1) is 0 Å². The minimum absolute atomic E-state index is 0.704. The van der Waals surface area contributed by atoms with Gasteiger partial charge in [-0.1, -0.05) is 29.0 Å². The molecule has 1 saturated carbocycles. The third-order valence-electron chi connectivity index (χ3n) is 3.91. The van der Waals surface area contributed by atoms with Crippen molar-refractivity contribution >= 4 is 22.2 Å². The molecule has 0 unspecified atom stereocenters. The second-order valence-electron chi connectivity index (χ2n) is 5.69. The highest BCUT2D eigenvalue weighted by molar-refractivity contribution is 7.15. The van der Waals surface area contributed by atoms with Gasteiger partial charge >= 0.3 is 0 Å². The molecule has 112 valence electrons. The van der Waals surface area contributed by atoms with Crippen LogP contribution < -0.4 is 10.2 Å². The molecule has 0 aliphatic heterocycles. The molecule has 4 heteroatoms. The van der Waals surface area contributed by atoms with Crippen molar-refractivity contribution in [2.24, 2.45) is 0 Å². The molecule has 3 nitrogen and oxygen atoms in total. The van der Waals surface area contributed by atoms with Gasteiger partial charge < -0.3 is 10.2 Å². The van der Waals surface area contributed by atoms with Crippen LogP contribution in [-0.4, -0.2) is 18.6 Å². The number of rotatable bonds is 6. The van der Waals surface area contributed by atoms with Gasteiger partial charge in [0.2, 0.25) is 0 Å². The van der Waals surface area contributed by atoms with Gasteiger partial charge in [-0.2, -0.15) is 0 Å². The Hall–Kier alpha value is -1.39. The molecule has 2 aromatic rings.